The molecule has 4 nitrogen and oxygen atoms in total. The van der Waals surface area contributed by atoms with Crippen molar-refractivity contribution in [3.8, 4) is 0 Å². The van der Waals surface area contributed by atoms with Crippen molar-refractivity contribution in [3.63, 3.8) is 0 Å². The number of amides is 1. The van der Waals surface area contributed by atoms with Crippen molar-refractivity contribution in [3.05, 3.63) is 29.3 Å². The van der Waals surface area contributed by atoms with Crippen LogP contribution < -0.4 is 10.6 Å². The monoisotopic (exact) mass is 284 g/mol. The molecule has 0 spiro atoms. The molecule has 1 aromatic carbocycles. The summed E-state index contributed by atoms with van der Waals surface area (Å²) in [5, 5.41) is 5.36. The number of ether oxygens (including phenoxy) is 1. The summed E-state index contributed by atoms with van der Waals surface area (Å²) in [7, 11) is 0. The van der Waals surface area contributed by atoms with Gasteiger partial charge in [-0.05, 0) is 31.9 Å². The molecular weight excluding hydrogens is 266 g/mol. The molecule has 6 heteroatoms. The summed E-state index contributed by atoms with van der Waals surface area (Å²) in [6.07, 6.45) is 1.43. The molecule has 1 aliphatic rings. The minimum absolute atomic E-state index is 0.00387. The molecule has 0 saturated carbocycles. The second-order valence-electron chi connectivity index (χ2n) is 4.71. The molecule has 1 fully saturated rings. The first-order valence-electron chi connectivity index (χ1n) is 6.73. The fraction of sp³-hybridized carbons (Fsp3) is 0.500. The van der Waals surface area contributed by atoms with Gasteiger partial charge in [-0.3, -0.25) is 4.79 Å². The van der Waals surface area contributed by atoms with Gasteiger partial charge in [0.05, 0.1) is 0 Å². The second kappa shape index (κ2) is 6.65. The normalized spacial score (nSPS) is 15.9. The maximum absolute atomic E-state index is 13.7. The Morgan fingerprint density at radius 1 is 1.30 bits per heavy atom. The Morgan fingerprint density at radius 3 is 2.45 bits per heavy atom. The predicted octanol–water partition coefficient (Wildman–Crippen LogP) is 2.31. The van der Waals surface area contributed by atoms with Crippen molar-refractivity contribution in [2.45, 2.75) is 25.8 Å². The molecule has 0 aliphatic carbocycles. The number of anilines is 1. The van der Waals surface area contributed by atoms with Gasteiger partial charge >= 0.3 is 0 Å². The van der Waals surface area contributed by atoms with Gasteiger partial charge < -0.3 is 15.4 Å². The van der Waals surface area contributed by atoms with E-state index >= 15 is 0 Å². The van der Waals surface area contributed by atoms with Gasteiger partial charge in [0.15, 0.2) is 0 Å². The fourth-order valence-corrected chi connectivity index (χ4v) is 2.16. The van der Waals surface area contributed by atoms with Crippen LogP contribution in [-0.2, 0) is 4.74 Å². The van der Waals surface area contributed by atoms with Crippen molar-refractivity contribution in [2.24, 2.45) is 0 Å². The molecule has 20 heavy (non-hydrogen) atoms. The lowest BCUT2D eigenvalue weighted by molar-refractivity contribution is 0.0696. The molecule has 0 unspecified atom stereocenters. The number of nitrogens with one attached hydrogen (secondary N) is 2. The summed E-state index contributed by atoms with van der Waals surface area (Å²) in [5.74, 6) is -1.98. The lowest BCUT2D eigenvalue weighted by Gasteiger charge is -2.23. The lowest BCUT2D eigenvalue weighted by atomic mass is 10.1. The third kappa shape index (κ3) is 3.45. The van der Waals surface area contributed by atoms with Gasteiger partial charge in [-0.15, -0.1) is 0 Å². The highest BCUT2D eigenvalue weighted by molar-refractivity contribution is 5.94. The van der Waals surface area contributed by atoms with E-state index in [1.807, 2.05) is 0 Å². The third-order valence-corrected chi connectivity index (χ3v) is 3.21. The summed E-state index contributed by atoms with van der Waals surface area (Å²) < 4.78 is 32.7. The van der Waals surface area contributed by atoms with Crippen LogP contribution in [0.1, 0.15) is 30.1 Å². The van der Waals surface area contributed by atoms with Gasteiger partial charge in [0.25, 0.3) is 5.91 Å². The number of carbonyl (C=O) groups is 1. The van der Waals surface area contributed by atoms with E-state index in [0.29, 0.717) is 32.6 Å². The van der Waals surface area contributed by atoms with Crippen molar-refractivity contribution in [1.82, 2.24) is 5.32 Å². The molecule has 0 bridgehead atoms. The highest BCUT2D eigenvalue weighted by Gasteiger charge is 2.19. The van der Waals surface area contributed by atoms with Gasteiger partial charge in [0.1, 0.15) is 17.3 Å². The van der Waals surface area contributed by atoms with Crippen LogP contribution in [0.3, 0.4) is 0 Å². The standard InChI is InChI=1S/C14H18F2N2O2/c1-2-17-13-11(15)7-9(8-12(13)16)14(19)18-10-3-5-20-6-4-10/h7-8,10,17H,2-6H2,1H3,(H,18,19). The topological polar surface area (TPSA) is 50.4 Å². The molecule has 1 heterocycles. The summed E-state index contributed by atoms with van der Waals surface area (Å²) in [4.78, 5) is 12.0. The molecule has 0 radical (unpaired) electrons. The maximum atomic E-state index is 13.7. The van der Waals surface area contributed by atoms with Crippen LogP contribution in [-0.4, -0.2) is 31.7 Å². The van der Waals surface area contributed by atoms with E-state index in [4.69, 9.17) is 4.74 Å². The molecular formula is C14H18F2N2O2. The average molecular weight is 284 g/mol. The second-order valence-corrected chi connectivity index (χ2v) is 4.71. The Morgan fingerprint density at radius 2 is 1.90 bits per heavy atom. The minimum atomic E-state index is -0.760. The Kier molecular flexibility index (Phi) is 4.89. The van der Waals surface area contributed by atoms with E-state index in [1.165, 1.54) is 0 Å². The van der Waals surface area contributed by atoms with Gasteiger partial charge in [0.2, 0.25) is 0 Å². The third-order valence-electron chi connectivity index (χ3n) is 3.21. The first-order chi connectivity index (χ1) is 9.61. The SMILES string of the molecule is CCNc1c(F)cc(C(=O)NC2CCOCC2)cc1F. The summed E-state index contributed by atoms with van der Waals surface area (Å²) in [6.45, 7) is 3.33. The lowest BCUT2D eigenvalue weighted by Crippen LogP contribution is -2.39. The Labute approximate surface area is 116 Å². The van der Waals surface area contributed by atoms with Crippen molar-refractivity contribution in [2.75, 3.05) is 25.1 Å². The van der Waals surface area contributed by atoms with Crippen LogP contribution in [0, 0.1) is 11.6 Å². The molecule has 0 aromatic heterocycles. The van der Waals surface area contributed by atoms with E-state index in [1.54, 1.807) is 6.92 Å². The quantitative estimate of drug-likeness (QED) is 0.892. The number of carbonyl (C=O) groups excluding carboxylic acids is 1. The summed E-state index contributed by atoms with van der Waals surface area (Å²) in [5.41, 5.74) is -0.205. The van der Waals surface area contributed by atoms with E-state index in [-0.39, 0.29) is 17.3 Å². The van der Waals surface area contributed by atoms with Gasteiger partial charge in [-0.2, -0.15) is 0 Å². The number of hydrogen-bond donors (Lipinski definition) is 2. The summed E-state index contributed by atoms with van der Waals surface area (Å²) in [6, 6.07) is 2.10. The molecule has 110 valence electrons. The Balaban J connectivity index is 2.09. The van der Waals surface area contributed by atoms with Crippen LogP contribution in [0.25, 0.3) is 0 Å². The van der Waals surface area contributed by atoms with E-state index in [2.05, 4.69) is 10.6 Å². The van der Waals surface area contributed by atoms with Gasteiger partial charge in [0, 0.05) is 31.4 Å². The number of halogens is 2. The number of benzene rings is 1. The van der Waals surface area contributed by atoms with Crippen LogP contribution in [0.2, 0.25) is 0 Å². The van der Waals surface area contributed by atoms with Gasteiger partial charge in [-0.1, -0.05) is 0 Å². The van der Waals surface area contributed by atoms with Gasteiger partial charge in [-0.25, -0.2) is 8.78 Å². The first-order valence-corrected chi connectivity index (χ1v) is 6.73. The largest absolute Gasteiger partial charge is 0.381 e. The van der Waals surface area contributed by atoms with Crippen LogP contribution in [0.5, 0.6) is 0 Å². The van der Waals surface area contributed by atoms with E-state index in [0.717, 1.165) is 12.1 Å². The molecule has 2 rings (SSSR count). The summed E-state index contributed by atoms with van der Waals surface area (Å²) >= 11 is 0. The van der Waals surface area contributed by atoms with Crippen molar-refractivity contribution in [1.29, 1.82) is 0 Å². The molecule has 2 N–H and O–H groups in total. The van der Waals surface area contributed by atoms with Crippen LogP contribution in [0.15, 0.2) is 12.1 Å². The number of hydrogen-bond acceptors (Lipinski definition) is 3. The molecule has 1 amide bonds. The smallest absolute Gasteiger partial charge is 0.251 e. The highest BCUT2D eigenvalue weighted by atomic mass is 19.1. The zero-order valence-electron chi connectivity index (χ0n) is 11.3. The number of rotatable bonds is 4. The molecule has 1 aromatic rings. The maximum Gasteiger partial charge on any atom is 0.251 e. The molecule has 1 saturated heterocycles. The zero-order valence-corrected chi connectivity index (χ0v) is 11.3. The van der Waals surface area contributed by atoms with Crippen molar-refractivity contribution < 1.29 is 18.3 Å². The predicted molar refractivity (Wildman–Crippen MR) is 71.8 cm³/mol. The van der Waals surface area contributed by atoms with Crippen LogP contribution in [0.4, 0.5) is 14.5 Å². The Bertz CT molecular complexity index is 465. The average Bonchev–Trinajstić information content (AvgIpc) is 2.43. The fourth-order valence-electron chi connectivity index (χ4n) is 2.16. The Hall–Kier alpha value is -1.69. The molecule has 0 atom stereocenters. The van der Waals surface area contributed by atoms with Crippen molar-refractivity contribution >= 4 is 11.6 Å². The first kappa shape index (κ1) is 14.7. The minimum Gasteiger partial charge on any atom is -0.381 e. The zero-order chi connectivity index (χ0) is 14.5. The van der Waals surface area contributed by atoms with E-state index in [9.17, 15) is 13.6 Å². The molecule has 1 aliphatic heterocycles. The van der Waals surface area contributed by atoms with Crippen LogP contribution >= 0.6 is 0 Å². The van der Waals surface area contributed by atoms with E-state index < -0.39 is 17.5 Å². The highest BCUT2D eigenvalue weighted by Crippen LogP contribution is 2.21.